The quantitative estimate of drug-likeness (QED) is 0.608. The molecule has 0 aromatic heterocycles. The molecule has 1 amide bonds. The Morgan fingerprint density at radius 1 is 1.16 bits per heavy atom. The van der Waals surface area contributed by atoms with E-state index in [-0.39, 0.29) is 5.91 Å². The zero-order valence-corrected chi connectivity index (χ0v) is 12.1. The van der Waals surface area contributed by atoms with E-state index in [1.165, 1.54) is 5.06 Å². The lowest BCUT2D eigenvalue weighted by molar-refractivity contribution is -0.197. The highest BCUT2D eigenvalue weighted by Gasteiger charge is 2.25. The third-order valence-corrected chi connectivity index (χ3v) is 2.27. The van der Waals surface area contributed by atoms with E-state index in [1.807, 2.05) is 51.1 Å². The van der Waals surface area contributed by atoms with Gasteiger partial charge in [0.05, 0.1) is 11.3 Å². The summed E-state index contributed by atoms with van der Waals surface area (Å²) in [5, 5.41) is 1.22. The van der Waals surface area contributed by atoms with Crippen LogP contribution in [0.4, 0.5) is 0 Å². The predicted octanol–water partition coefficient (Wildman–Crippen LogP) is 3.79. The van der Waals surface area contributed by atoms with Gasteiger partial charge >= 0.3 is 0 Å². The van der Waals surface area contributed by atoms with E-state index in [9.17, 15) is 4.79 Å². The fraction of sp³-hybridized carbons (Fsp3) is 0.312. The topological polar surface area (TPSA) is 29.5 Å². The zero-order chi connectivity index (χ0) is 14.6. The highest BCUT2D eigenvalue weighted by molar-refractivity contribution is 5.96. The van der Waals surface area contributed by atoms with Crippen LogP contribution in [0, 0.1) is 0 Å². The fourth-order valence-electron chi connectivity index (χ4n) is 1.41. The van der Waals surface area contributed by atoms with E-state index >= 15 is 0 Å². The number of rotatable bonds is 4. The van der Waals surface area contributed by atoms with E-state index in [0.717, 1.165) is 5.56 Å². The molecule has 1 rings (SSSR count). The van der Waals surface area contributed by atoms with Crippen LogP contribution in [0.1, 0.15) is 33.3 Å². The maximum Gasteiger partial charge on any atom is 0.277 e. The molecule has 1 aromatic carbocycles. The molecule has 0 saturated heterocycles. The molecular weight excluding hydrogens is 238 g/mol. The van der Waals surface area contributed by atoms with Crippen molar-refractivity contribution in [3.8, 4) is 0 Å². The second kappa shape index (κ2) is 5.85. The number of nitrogens with zero attached hydrogens (tertiary/aromatic N) is 1. The fourth-order valence-corrected chi connectivity index (χ4v) is 1.41. The summed E-state index contributed by atoms with van der Waals surface area (Å²) in [5.41, 5.74) is 1.24. The molecule has 1 aromatic rings. The van der Waals surface area contributed by atoms with Crippen molar-refractivity contribution in [1.29, 1.82) is 0 Å². The number of hydrogen-bond acceptors (Lipinski definition) is 2. The normalized spacial score (nSPS) is 10.9. The van der Waals surface area contributed by atoms with Gasteiger partial charge in [0, 0.05) is 11.1 Å². The van der Waals surface area contributed by atoms with Crippen LogP contribution in [-0.4, -0.2) is 16.6 Å². The van der Waals surface area contributed by atoms with Crippen molar-refractivity contribution >= 4 is 11.6 Å². The Morgan fingerprint density at radius 3 is 2.11 bits per heavy atom. The van der Waals surface area contributed by atoms with Crippen LogP contribution >= 0.6 is 0 Å². The first kappa shape index (κ1) is 15.2. The lowest BCUT2D eigenvalue weighted by Crippen LogP contribution is -2.37. The number of carbonyl (C=O) groups excluding carboxylic acids is 1. The standard InChI is InChI=1S/C16H21NO2/c1-12(2)15(18)17(19-16(4,5)6)13(3)14-10-8-7-9-11-14/h7-11H,1,3H2,2,4-6H3. The Kier molecular flexibility index (Phi) is 4.67. The zero-order valence-electron chi connectivity index (χ0n) is 12.1. The van der Waals surface area contributed by atoms with E-state index in [1.54, 1.807) is 6.92 Å². The van der Waals surface area contributed by atoms with Gasteiger partial charge in [0.25, 0.3) is 5.91 Å². The molecule has 0 atom stereocenters. The van der Waals surface area contributed by atoms with Gasteiger partial charge < -0.3 is 0 Å². The van der Waals surface area contributed by atoms with Crippen molar-refractivity contribution in [3.05, 3.63) is 54.6 Å². The smallest absolute Gasteiger partial charge is 0.267 e. The molecular formula is C16H21NO2. The van der Waals surface area contributed by atoms with Gasteiger partial charge in [0.15, 0.2) is 0 Å². The van der Waals surface area contributed by atoms with Gasteiger partial charge in [-0.1, -0.05) is 43.5 Å². The second-order valence-electron chi connectivity index (χ2n) is 5.40. The average molecular weight is 259 g/mol. The van der Waals surface area contributed by atoms with Crippen LogP contribution in [-0.2, 0) is 9.63 Å². The van der Waals surface area contributed by atoms with E-state index in [4.69, 9.17) is 4.84 Å². The molecule has 0 spiro atoms. The largest absolute Gasteiger partial charge is 0.277 e. The summed E-state index contributed by atoms with van der Waals surface area (Å²) in [7, 11) is 0. The SMILES string of the molecule is C=C(C)C(=O)N(OC(C)(C)C)C(=C)c1ccccc1. The van der Waals surface area contributed by atoms with Crippen molar-refractivity contribution in [3.63, 3.8) is 0 Å². The van der Waals surface area contributed by atoms with E-state index in [0.29, 0.717) is 11.3 Å². The summed E-state index contributed by atoms with van der Waals surface area (Å²) in [6.07, 6.45) is 0. The average Bonchev–Trinajstić information content (AvgIpc) is 2.34. The number of amides is 1. The molecule has 3 nitrogen and oxygen atoms in total. The Hall–Kier alpha value is -1.87. The number of hydrogen-bond donors (Lipinski definition) is 0. The second-order valence-corrected chi connectivity index (χ2v) is 5.40. The highest BCUT2D eigenvalue weighted by atomic mass is 16.7. The van der Waals surface area contributed by atoms with Crippen LogP contribution in [0.15, 0.2) is 49.1 Å². The van der Waals surface area contributed by atoms with Crippen molar-refractivity contribution in [2.75, 3.05) is 0 Å². The van der Waals surface area contributed by atoms with Gasteiger partial charge in [-0.25, -0.2) is 0 Å². The third kappa shape index (κ3) is 4.38. The van der Waals surface area contributed by atoms with Crippen LogP contribution in [0.2, 0.25) is 0 Å². The van der Waals surface area contributed by atoms with E-state index in [2.05, 4.69) is 13.2 Å². The maximum absolute atomic E-state index is 12.2. The molecule has 0 aliphatic rings. The van der Waals surface area contributed by atoms with Gasteiger partial charge in [-0.05, 0) is 27.7 Å². The minimum Gasteiger partial charge on any atom is -0.267 e. The molecule has 0 radical (unpaired) electrons. The summed E-state index contributed by atoms with van der Waals surface area (Å²) >= 11 is 0. The molecule has 102 valence electrons. The van der Waals surface area contributed by atoms with Crippen molar-refractivity contribution in [1.82, 2.24) is 5.06 Å². The summed E-state index contributed by atoms with van der Waals surface area (Å²) in [4.78, 5) is 17.9. The Morgan fingerprint density at radius 2 is 1.68 bits per heavy atom. The molecule has 0 unspecified atom stereocenters. The van der Waals surface area contributed by atoms with Gasteiger partial charge in [-0.15, -0.1) is 0 Å². The molecule has 0 saturated carbocycles. The van der Waals surface area contributed by atoms with Crippen LogP contribution < -0.4 is 0 Å². The number of benzene rings is 1. The van der Waals surface area contributed by atoms with E-state index < -0.39 is 5.60 Å². The first-order chi connectivity index (χ1) is 8.72. The Bertz CT molecular complexity index is 483. The number of carbonyl (C=O) groups is 1. The monoisotopic (exact) mass is 259 g/mol. The van der Waals surface area contributed by atoms with Crippen molar-refractivity contribution in [2.45, 2.75) is 33.3 Å². The van der Waals surface area contributed by atoms with Crippen LogP contribution in [0.25, 0.3) is 5.70 Å². The maximum atomic E-state index is 12.2. The first-order valence-corrected chi connectivity index (χ1v) is 6.16. The first-order valence-electron chi connectivity index (χ1n) is 6.16. The minimum atomic E-state index is -0.497. The van der Waals surface area contributed by atoms with Crippen molar-refractivity contribution in [2.24, 2.45) is 0 Å². The molecule has 0 bridgehead atoms. The molecule has 0 N–H and O–H groups in total. The van der Waals surface area contributed by atoms with Gasteiger partial charge in [-0.3, -0.25) is 9.63 Å². The van der Waals surface area contributed by atoms with Crippen molar-refractivity contribution < 1.29 is 9.63 Å². The molecule has 0 heterocycles. The van der Waals surface area contributed by atoms with Crippen LogP contribution in [0.5, 0.6) is 0 Å². The summed E-state index contributed by atoms with van der Waals surface area (Å²) < 4.78 is 0. The predicted molar refractivity (Wildman–Crippen MR) is 78.0 cm³/mol. The minimum absolute atomic E-state index is 0.288. The lowest BCUT2D eigenvalue weighted by Gasteiger charge is -2.31. The molecule has 3 heteroatoms. The summed E-state index contributed by atoms with van der Waals surface area (Å²) in [5.74, 6) is -0.288. The third-order valence-electron chi connectivity index (χ3n) is 2.27. The molecule has 0 fully saturated rings. The Labute approximate surface area is 115 Å². The van der Waals surface area contributed by atoms with Gasteiger partial charge in [-0.2, -0.15) is 5.06 Å². The van der Waals surface area contributed by atoms with Crippen LogP contribution in [0.3, 0.4) is 0 Å². The summed E-state index contributed by atoms with van der Waals surface area (Å²) in [6, 6.07) is 9.45. The number of hydroxylamine groups is 2. The highest BCUT2D eigenvalue weighted by Crippen LogP contribution is 2.23. The van der Waals surface area contributed by atoms with Gasteiger partial charge in [0.2, 0.25) is 0 Å². The molecule has 0 aliphatic carbocycles. The molecule has 19 heavy (non-hydrogen) atoms. The van der Waals surface area contributed by atoms with Gasteiger partial charge in [0.1, 0.15) is 0 Å². The lowest BCUT2D eigenvalue weighted by atomic mass is 10.1. The molecule has 0 aliphatic heterocycles. The summed E-state index contributed by atoms with van der Waals surface area (Å²) in [6.45, 7) is 14.9. The Balaban J connectivity index is 3.07.